The van der Waals surface area contributed by atoms with Gasteiger partial charge in [0.15, 0.2) is 17.2 Å². The van der Waals surface area contributed by atoms with Crippen molar-refractivity contribution in [3.05, 3.63) is 76.5 Å². The standard InChI is InChI=1S/C31H30F2N6O4/c1-6-21(40)37-12-13-38-18(14-37)15-43-28-23-29(38)36-31(41)39(27-17(4)10-11-34-25(27)16(2)3)30(23)35-26(24(28)33)22-19(32)8-7-9-20(22)42-5/h6-11,16,18H,1,12-15H2,2-5H3/t18-/m1/s1. The zero-order valence-electron chi connectivity index (χ0n) is 24.2. The highest BCUT2D eigenvalue weighted by Gasteiger charge is 2.38. The van der Waals surface area contributed by atoms with Crippen molar-refractivity contribution in [2.75, 3.05) is 38.3 Å². The van der Waals surface area contributed by atoms with Crippen LogP contribution in [0.25, 0.3) is 28.0 Å². The van der Waals surface area contributed by atoms with Crippen molar-refractivity contribution in [3.8, 4) is 28.4 Å². The molecule has 10 nitrogen and oxygen atoms in total. The Balaban J connectivity index is 1.72. The van der Waals surface area contributed by atoms with Crippen molar-refractivity contribution in [3.63, 3.8) is 0 Å². The van der Waals surface area contributed by atoms with Crippen LogP contribution in [0.15, 0.2) is 47.9 Å². The summed E-state index contributed by atoms with van der Waals surface area (Å²) in [6, 6.07) is 5.44. The molecule has 0 saturated carbocycles. The van der Waals surface area contributed by atoms with E-state index in [-0.39, 0.29) is 64.6 Å². The Hall–Kier alpha value is -4.87. The number of ether oxygens (including phenoxy) is 2. The maximum absolute atomic E-state index is 16.6. The third kappa shape index (κ3) is 4.48. The molecule has 5 heterocycles. The molecule has 0 aliphatic carbocycles. The van der Waals surface area contributed by atoms with Gasteiger partial charge in [0, 0.05) is 25.8 Å². The number of fused-ring (bicyclic) bond motifs is 2. The van der Waals surface area contributed by atoms with Gasteiger partial charge < -0.3 is 19.3 Å². The Morgan fingerprint density at radius 2 is 2.00 bits per heavy atom. The number of pyridine rings is 2. The van der Waals surface area contributed by atoms with Gasteiger partial charge in [-0.3, -0.25) is 9.78 Å². The average Bonchev–Trinajstić information content (AvgIpc) is 3.15. The van der Waals surface area contributed by atoms with Crippen molar-refractivity contribution in [1.82, 2.24) is 24.4 Å². The highest BCUT2D eigenvalue weighted by Crippen LogP contribution is 2.44. The fourth-order valence-corrected chi connectivity index (χ4v) is 5.87. The topological polar surface area (TPSA) is 103 Å². The maximum atomic E-state index is 16.6. The lowest BCUT2D eigenvalue weighted by Gasteiger charge is -2.40. The second-order valence-corrected chi connectivity index (χ2v) is 10.8. The molecule has 0 N–H and O–H groups in total. The summed E-state index contributed by atoms with van der Waals surface area (Å²) in [5, 5.41) is 0.167. The van der Waals surface area contributed by atoms with Crippen molar-refractivity contribution >= 4 is 22.8 Å². The van der Waals surface area contributed by atoms with Gasteiger partial charge in [0.1, 0.15) is 35.1 Å². The molecule has 1 atom stereocenters. The van der Waals surface area contributed by atoms with E-state index in [0.717, 1.165) is 5.56 Å². The SMILES string of the molecule is C=CC(=O)N1CCN2c3nc(=O)n(-c4c(C)ccnc4C(C)C)c4nc(-c5c(F)cccc5OC)c(F)c(c34)OC[C@H]2C1. The number of aromatic nitrogens is 4. The zero-order chi connectivity index (χ0) is 30.6. The largest absolute Gasteiger partial charge is 0.496 e. The van der Waals surface area contributed by atoms with Crippen LogP contribution < -0.4 is 20.1 Å². The lowest BCUT2D eigenvalue weighted by Crippen LogP contribution is -2.56. The van der Waals surface area contributed by atoms with E-state index < -0.39 is 23.4 Å². The first-order valence-corrected chi connectivity index (χ1v) is 13.9. The van der Waals surface area contributed by atoms with E-state index in [9.17, 15) is 9.59 Å². The summed E-state index contributed by atoms with van der Waals surface area (Å²) in [5.74, 6) is -1.98. The Bertz CT molecular complexity index is 1860. The van der Waals surface area contributed by atoms with Crippen LogP contribution in [-0.4, -0.2) is 69.7 Å². The molecule has 0 unspecified atom stereocenters. The molecular formula is C31H30F2N6O4. The van der Waals surface area contributed by atoms with Crippen LogP contribution in [0, 0.1) is 18.6 Å². The number of hydrogen-bond donors (Lipinski definition) is 0. The van der Waals surface area contributed by atoms with Crippen LogP contribution in [0.4, 0.5) is 14.6 Å². The summed E-state index contributed by atoms with van der Waals surface area (Å²) in [7, 11) is 1.35. The minimum atomic E-state index is -0.921. The van der Waals surface area contributed by atoms with Crippen molar-refractivity contribution in [2.45, 2.75) is 32.7 Å². The van der Waals surface area contributed by atoms with Gasteiger partial charge in [-0.2, -0.15) is 4.98 Å². The average molecular weight is 589 g/mol. The van der Waals surface area contributed by atoms with E-state index in [1.165, 1.54) is 36.0 Å². The summed E-state index contributed by atoms with van der Waals surface area (Å²) in [4.78, 5) is 43.6. The van der Waals surface area contributed by atoms with Gasteiger partial charge in [-0.1, -0.05) is 26.5 Å². The highest BCUT2D eigenvalue weighted by atomic mass is 19.1. The Morgan fingerprint density at radius 3 is 2.72 bits per heavy atom. The molecule has 222 valence electrons. The van der Waals surface area contributed by atoms with Crippen LogP contribution >= 0.6 is 0 Å². The van der Waals surface area contributed by atoms with Gasteiger partial charge in [0.2, 0.25) is 5.91 Å². The number of methoxy groups -OCH3 is 1. The number of hydrogen-bond acceptors (Lipinski definition) is 8. The normalized spacial score (nSPS) is 16.1. The van der Waals surface area contributed by atoms with Gasteiger partial charge in [0.05, 0.1) is 30.1 Å². The molecule has 43 heavy (non-hydrogen) atoms. The maximum Gasteiger partial charge on any atom is 0.355 e. The first-order valence-electron chi connectivity index (χ1n) is 13.9. The molecule has 1 saturated heterocycles. The zero-order valence-corrected chi connectivity index (χ0v) is 24.2. The quantitative estimate of drug-likeness (QED) is 0.321. The van der Waals surface area contributed by atoms with E-state index >= 15 is 8.78 Å². The Labute approximate surface area is 246 Å². The van der Waals surface area contributed by atoms with Gasteiger partial charge in [0.25, 0.3) is 0 Å². The number of benzene rings is 1. The van der Waals surface area contributed by atoms with Crippen LogP contribution in [0.3, 0.4) is 0 Å². The molecule has 1 fully saturated rings. The summed E-state index contributed by atoms with van der Waals surface area (Å²) in [5.41, 5.74) is 0.579. The molecule has 2 aliphatic heterocycles. The predicted octanol–water partition coefficient (Wildman–Crippen LogP) is 4.16. The number of amides is 1. The van der Waals surface area contributed by atoms with Gasteiger partial charge in [-0.15, -0.1) is 0 Å². The second-order valence-electron chi connectivity index (χ2n) is 10.8. The van der Waals surface area contributed by atoms with Crippen molar-refractivity contribution in [1.29, 1.82) is 0 Å². The number of nitrogens with zero attached hydrogens (tertiary/aromatic N) is 6. The molecule has 4 aromatic rings. The number of aryl methyl sites for hydroxylation is 1. The Morgan fingerprint density at radius 1 is 1.21 bits per heavy atom. The summed E-state index contributed by atoms with van der Waals surface area (Å²) in [6.45, 7) is 10.2. The molecule has 2 aliphatic rings. The molecule has 0 bridgehead atoms. The highest BCUT2D eigenvalue weighted by molar-refractivity contribution is 5.97. The van der Waals surface area contributed by atoms with Crippen LogP contribution in [-0.2, 0) is 4.79 Å². The fraction of sp³-hybridized carbons (Fsp3) is 0.323. The number of rotatable bonds is 5. The summed E-state index contributed by atoms with van der Waals surface area (Å²) in [6.07, 6.45) is 2.89. The third-order valence-electron chi connectivity index (χ3n) is 7.92. The smallest absolute Gasteiger partial charge is 0.355 e. The Kier molecular flexibility index (Phi) is 7.07. The summed E-state index contributed by atoms with van der Waals surface area (Å²) >= 11 is 0. The number of anilines is 1. The first kappa shape index (κ1) is 28.3. The third-order valence-corrected chi connectivity index (χ3v) is 7.92. The van der Waals surface area contributed by atoms with Crippen molar-refractivity contribution in [2.24, 2.45) is 0 Å². The second kappa shape index (κ2) is 10.8. The van der Waals surface area contributed by atoms with Crippen LogP contribution in [0.1, 0.15) is 31.0 Å². The van der Waals surface area contributed by atoms with Gasteiger partial charge in [-0.25, -0.2) is 23.1 Å². The number of piperazine rings is 1. The molecule has 0 spiro atoms. The van der Waals surface area contributed by atoms with Gasteiger partial charge >= 0.3 is 5.69 Å². The van der Waals surface area contributed by atoms with E-state index in [2.05, 4.69) is 21.5 Å². The van der Waals surface area contributed by atoms with Crippen molar-refractivity contribution < 1.29 is 23.0 Å². The summed E-state index contributed by atoms with van der Waals surface area (Å²) < 4.78 is 44.8. The minimum absolute atomic E-state index is 0.0292. The van der Waals surface area contributed by atoms with E-state index in [1.807, 2.05) is 25.7 Å². The minimum Gasteiger partial charge on any atom is -0.496 e. The lowest BCUT2D eigenvalue weighted by atomic mass is 10.0. The molecular weight excluding hydrogens is 558 g/mol. The van der Waals surface area contributed by atoms with E-state index in [0.29, 0.717) is 24.5 Å². The van der Waals surface area contributed by atoms with Crippen LogP contribution in [0.2, 0.25) is 0 Å². The lowest BCUT2D eigenvalue weighted by molar-refractivity contribution is -0.126. The molecule has 6 rings (SSSR count). The molecule has 12 heteroatoms. The molecule has 3 aromatic heterocycles. The number of carbonyl (C=O) groups is 1. The van der Waals surface area contributed by atoms with Crippen LogP contribution in [0.5, 0.6) is 11.5 Å². The first-order chi connectivity index (χ1) is 20.7. The number of halogens is 2. The van der Waals surface area contributed by atoms with E-state index in [1.54, 1.807) is 17.2 Å². The van der Waals surface area contributed by atoms with E-state index in [4.69, 9.17) is 9.47 Å². The number of carbonyl (C=O) groups excluding carboxylic acids is 1. The monoisotopic (exact) mass is 588 g/mol. The molecule has 1 aromatic carbocycles. The van der Waals surface area contributed by atoms with Gasteiger partial charge in [-0.05, 0) is 42.7 Å². The predicted molar refractivity (Wildman–Crippen MR) is 157 cm³/mol. The molecule has 1 amide bonds. The molecule has 0 radical (unpaired) electrons. The fourth-order valence-electron chi connectivity index (χ4n) is 5.87.